The molecule has 10 aliphatic rings. The van der Waals surface area contributed by atoms with E-state index in [1.165, 1.54) is 121 Å². The number of carbonyl (C=O) groups is 15. The number of hydrogen-bond acceptors (Lipinski definition) is 27. The molecule has 2 aromatic heterocycles. The third kappa shape index (κ3) is 22.5. The van der Waals surface area contributed by atoms with E-state index in [-0.39, 0.29) is 110 Å². The highest BCUT2D eigenvalue weighted by molar-refractivity contribution is 7.90. The van der Waals surface area contributed by atoms with Gasteiger partial charge in [-0.25, -0.2) is 56.7 Å². The largest absolute Gasteiger partial charge is 0.497 e. The lowest BCUT2D eigenvalue weighted by Gasteiger charge is -2.26. The molecule has 5 fully saturated rings. The normalized spacial score (nSPS) is 19.8. The first kappa shape index (κ1) is 103. The van der Waals surface area contributed by atoms with Gasteiger partial charge in [-0.1, -0.05) is 130 Å². The molecule has 10 aliphatic heterocycles. The summed E-state index contributed by atoms with van der Waals surface area (Å²) in [5, 5.41) is 24.3. The van der Waals surface area contributed by atoms with Crippen LogP contribution in [0.2, 0.25) is 15.1 Å². The second-order valence-corrected chi connectivity index (χ2v) is 37.6. The molecule has 10 aromatic rings. The minimum absolute atomic E-state index is 0.0574. The van der Waals surface area contributed by atoms with E-state index in [1.54, 1.807) is 115 Å². The van der Waals surface area contributed by atoms with Crippen molar-refractivity contribution >= 4 is 140 Å². The minimum atomic E-state index is -3.44. The van der Waals surface area contributed by atoms with Gasteiger partial charge in [-0.2, -0.15) is 0 Å². The number of ether oxygens (including phenoxy) is 5. The van der Waals surface area contributed by atoms with Crippen LogP contribution in [-0.2, 0) is 66.5 Å². The molecular formula is C102H80Cl3FN20O22S. The van der Waals surface area contributed by atoms with E-state index >= 15 is 0 Å². The molecule has 8 aromatic carbocycles. The minimum Gasteiger partial charge on any atom is -0.497 e. The molecule has 0 aliphatic carbocycles. The Labute approximate surface area is 861 Å². The highest BCUT2D eigenvalue weighted by Gasteiger charge is 2.54. The Morgan fingerprint density at radius 3 is 0.893 bits per heavy atom. The van der Waals surface area contributed by atoms with Gasteiger partial charge in [0.25, 0.3) is 59.1 Å². The number of sulfone groups is 1. The number of carbonyl (C=O) groups excluding carboxylic acids is 15. The number of hydrogen-bond donors (Lipinski definition) is 11. The maximum absolute atomic E-state index is 13.7. The van der Waals surface area contributed by atoms with E-state index in [0.29, 0.717) is 95.4 Å². The van der Waals surface area contributed by atoms with Gasteiger partial charge in [-0.15, -0.1) is 0 Å². The number of urea groups is 5. The number of aromatic nitrogens is 4. The maximum atomic E-state index is 13.7. The van der Waals surface area contributed by atoms with E-state index in [2.05, 4.69) is 132 Å². The average molecular weight is 2100 g/mol. The first-order valence-corrected chi connectivity index (χ1v) is 47.3. The third-order valence-electron chi connectivity index (χ3n) is 24.2. The molecule has 20 rings (SSSR count). The fourth-order valence-electron chi connectivity index (χ4n) is 16.7. The summed E-state index contributed by atoms with van der Waals surface area (Å²) in [5.41, 5.74) is 5.68. The van der Waals surface area contributed by atoms with E-state index in [1.807, 2.05) is 0 Å². The number of nitrogens with two attached hydrogens (primary N) is 1. The number of benzene rings is 8. The SMILES string of the molecule is COc1ccc2c(c1)C(=O)N(C[C@@]1(C#Cc3cc(Cl)cc(Cl)c3)NC(=O)NC1=O)C2.COc1ccc2c(c1)C(=O)N(C[C@@]1(C#Cc3ccc(Cl)c(F)c3)NC(=O)NC1=O)C2.COc1ccc2c(c1)C(=O)N(C[C@@]1(C#Cc3cccc(S(C)(=O)=O)c3)NC(=O)NC1=O)C2.COc1ccc2c(c1)C(=O)N(C[C@@]1(C#Cc3cnc(N)nc3)NC(=O)NC1=O)C2.COc1ccc2c(c1)C(=O)N(C[C@]1(C#Cc3cncnc3)NC(=O)NC1=O)C2. The predicted molar refractivity (Wildman–Crippen MR) is 526 cm³/mol. The first-order valence-electron chi connectivity index (χ1n) is 44.3. The smallest absolute Gasteiger partial charge is 0.323 e. The van der Waals surface area contributed by atoms with Crippen molar-refractivity contribution in [3.63, 3.8) is 0 Å². The summed E-state index contributed by atoms with van der Waals surface area (Å²) in [4.78, 5) is 209. The molecule has 0 radical (unpaired) electrons. The zero-order valence-electron chi connectivity index (χ0n) is 78.9. The van der Waals surface area contributed by atoms with Gasteiger partial charge < -0.3 is 80.5 Å². The molecule has 42 nitrogen and oxygen atoms in total. The van der Waals surface area contributed by atoms with Gasteiger partial charge in [-0.3, -0.25) is 74.5 Å². The molecule has 754 valence electrons. The molecule has 5 atom stereocenters. The third-order valence-corrected chi connectivity index (χ3v) is 26.1. The number of fused-ring (bicyclic) bond motifs is 5. The predicted octanol–water partition coefficient (Wildman–Crippen LogP) is 5.07. The highest BCUT2D eigenvalue weighted by Crippen LogP contribution is 2.37. The van der Waals surface area contributed by atoms with Crippen LogP contribution in [-0.4, -0.2) is 244 Å². The molecule has 149 heavy (non-hydrogen) atoms. The number of methoxy groups -OCH3 is 5. The fourth-order valence-corrected chi connectivity index (χ4v) is 18.0. The van der Waals surface area contributed by atoms with Gasteiger partial charge >= 0.3 is 30.2 Å². The standard InChI is InChI=1S/C22H19N3O6S.C21H15Cl2N3O4.C21H15ClFN3O4.C19H16N6O4.C19H15N5O4/c1-31-16-7-6-15-12-25(19(26)18(15)11-16)13-22(20(27)23-21(28)24-22)9-8-14-4-3-5-17(10-14)32(2,29)30;1-30-16-3-2-13-10-26(18(27)17(13)9-16)11-21(19(28)24-20(29)25-21)5-4-12-6-14(22)8-15(23)7-12;1-30-14-4-3-13-10-26(18(27)15(13)9-14)11-21(19(28)24-20(29)25-21)7-6-12-2-5-16(22)17(23)8-12;1-29-13-3-2-12-9-25(15(26)14(12)6-13)10-19(16(27)23-18(28)24-19)5-4-11-7-21-17(20)22-8-11;1-28-14-3-2-13-9-24(16(25)15(13)6-14)10-19(17(26)22-18(27)23-19)5-4-12-7-20-11-21-8-12/h3-7,10-11H,12-13H2,1-2H3,(H2,23,24,27,28);2-3,6-9H,10-11H2,1H3,(H2,24,25,28,29);2-5,8-9H,10-11H2,1H3,(H2,24,25,28,29);2-3,6-8H,9-10H2,1H3,(H2,20,21,22)(H2,23,24,27,28);2-3,6-8,11H,9-10H2,1H3,(H2,22,23,26,27)/t22-;2*21-;2*19-/m11110/s1. The number of nitrogen functional groups attached to an aromatic ring is 1. The van der Waals surface area contributed by atoms with Crippen LogP contribution in [0.25, 0.3) is 0 Å². The Kier molecular flexibility index (Phi) is 29.3. The van der Waals surface area contributed by atoms with Crippen molar-refractivity contribution in [2.75, 3.05) is 80.3 Å². The van der Waals surface area contributed by atoms with Crippen molar-refractivity contribution in [1.82, 2.24) is 97.6 Å². The quantitative estimate of drug-likeness (QED) is 0.0444. The molecule has 12 heterocycles. The molecular weight excluding hydrogens is 2010 g/mol. The van der Waals surface area contributed by atoms with E-state index in [9.17, 15) is 84.7 Å². The summed E-state index contributed by atoms with van der Waals surface area (Å²) in [6.45, 7) is 0.673. The fraction of sp³-hybridized carbons (Fsp3) is 0.206. The van der Waals surface area contributed by atoms with Crippen molar-refractivity contribution < 1.29 is 108 Å². The summed E-state index contributed by atoms with van der Waals surface area (Å²) in [5.74, 6) is 25.3. The summed E-state index contributed by atoms with van der Waals surface area (Å²) < 4.78 is 63.1. The molecule has 0 bridgehead atoms. The first-order chi connectivity index (χ1) is 71.1. The average Bonchev–Trinajstić information content (AvgIpc) is 1.63. The number of nitrogens with one attached hydrogen (secondary N) is 10. The maximum Gasteiger partial charge on any atom is 0.323 e. The van der Waals surface area contributed by atoms with Crippen molar-refractivity contribution in [2.45, 2.75) is 65.3 Å². The van der Waals surface area contributed by atoms with Crippen LogP contribution in [0.4, 0.5) is 34.3 Å². The highest BCUT2D eigenvalue weighted by atomic mass is 35.5. The Hall–Kier alpha value is -18.7. The summed E-state index contributed by atoms with van der Waals surface area (Å²) in [6, 6.07) is 37.1. The van der Waals surface area contributed by atoms with Crippen LogP contribution >= 0.6 is 34.8 Å². The lowest BCUT2D eigenvalue weighted by atomic mass is 9.99. The Morgan fingerprint density at radius 1 is 0.349 bits per heavy atom. The Bertz CT molecular complexity index is 7870. The number of halogens is 4. The lowest BCUT2D eigenvalue weighted by Crippen LogP contribution is -2.54. The van der Waals surface area contributed by atoms with E-state index < -0.39 is 103 Å². The van der Waals surface area contributed by atoms with Crippen molar-refractivity contribution in [1.29, 1.82) is 0 Å². The zero-order chi connectivity index (χ0) is 106. The van der Waals surface area contributed by atoms with Gasteiger partial charge in [0, 0.05) is 118 Å². The van der Waals surface area contributed by atoms with Crippen LogP contribution in [0, 0.1) is 65.0 Å². The van der Waals surface area contributed by atoms with Gasteiger partial charge in [0.05, 0.1) is 89.3 Å². The summed E-state index contributed by atoms with van der Waals surface area (Å²) in [6.07, 6.45) is 8.23. The van der Waals surface area contributed by atoms with Gasteiger partial charge in [0.15, 0.2) is 9.84 Å². The van der Waals surface area contributed by atoms with Crippen LogP contribution < -0.4 is 82.6 Å². The van der Waals surface area contributed by atoms with Crippen molar-refractivity contribution in [3.8, 4) is 88.0 Å². The number of nitrogens with zero attached hydrogens (tertiary/aromatic N) is 9. The lowest BCUT2D eigenvalue weighted by molar-refractivity contribution is -0.123. The molecule has 12 N–H and O–H groups in total. The monoisotopic (exact) mass is 2090 g/mol. The molecule has 20 amide bonds. The van der Waals surface area contributed by atoms with Gasteiger partial charge in [0.2, 0.25) is 33.6 Å². The number of amides is 20. The topological polar surface area (TPSA) is 550 Å². The van der Waals surface area contributed by atoms with Crippen LogP contribution in [0.15, 0.2) is 188 Å². The van der Waals surface area contributed by atoms with E-state index in [4.69, 9.17) is 64.2 Å². The molecule has 5 saturated heterocycles. The molecule has 0 saturated carbocycles. The van der Waals surface area contributed by atoms with Gasteiger partial charge in [0.1, 0.15) is 40.9 Å². The summed E-state index contributed by atoms with van der Waals surface area (Å²) in [7, 11) is 4.12. The Balaban J connectivity index is 0.000000133. The number of anilines is 1. The second-order valence-electron chi connectivity index (χ2n) is 34.3. The summed E-state index contributed by atoms with van der Waals surface area (Å²) >= 11 is 17.7. The number of rotatable bonds is 16. The zero-order valence-corrected chi connectivity index (χ0v) is 82.0. The van der Waals surface area contributed by atoms with Crippen molar-refractivity contribution in [3.05, 3.63) is 287 Å². The number of imide groups is 5. The van der Waals surface area contributed by atoms with Crippen LogP contribution in [0.1, 0.15) is 107 Å². The van der Waals surface area contributed by atoms with Crippen molar-refractivity contribution in [2.24, 2.45) is 0 Å². The molecule has 47 heteroatoms. The molecule has 0 spiro atoms. The van der Waals surface area contributed by atoms with Crippen LogP contribution in [0.5, 0.6) is 28.7 Å². The van der Waals surface area contributed by atoms with Gasteiger partial charge in [-0.05, 0) is 143 Å². The second kappa shape index (κ2) is 42.3. The molecule has 0 unspecified atom stereocenters. The van der Waals surface area contributed by atoms with E-state index in [0.717, 1.165) is 40.1 Å². The van der Waals surface area contributed by atoms with Crippen LogP contribution in [0.3, 0.4) is 0 Å². The Morgan fingerprint density at radius 2 is 0.624 bits per heavy atom.